The number of hydrogen-bond acceptors (Lipinski definition) is 5. The van der Waals surface area contributed by atoms with Crippen molar-refractivity contribution in [1.29, 1.82) is 0 Å². The number of benzene rings is 1. The molecule has 0 saturated carbocycles. The molecular weight excluding hydrogens is 240 g/mol. The number of nitrogens with one attached hydrogen (secondary N) is 1. The number of aromatic nitrogens is 4. The van der Waals surface area contributed by atoms with Gasteiger partial charge >= 0.3 is 0 Å². The van der Waals surface area contributed by atoms with Crippen LogP contribution in [0, 0.1) is 0 Å². The second-order valence-electron chi connectivity index (χ2n) is 4.22. The Morgan fingerprint density at radius 1 is 1.26 bits per heavy atom. The molecule has 3 N–H and O–H groups in total. The minimum atomic E-state index is 0.547. The van der Waals surface area contributed by atoms with Crippen molar-refractivity contribution in [3.05, 3.63) is 54.1 Å². The van der Waals surface area contributed by atoms with Crippen molar-refractivity contribution in [1.82, 2.24) is 19.6 Å². The predicted molar refractivity (Wildman–Crippen MR) is 72.4 cm³/mol. The highest BCUT2D eigenvalue weighted by Crippen LogP contribution is 2.12. The Kier molecular flexibility index (Phi) is 3.07. The zero-order valence-electron chi connectivity index (χ0n) is 10.3. The SMILES string of the molecule is NCc1cccc(CNc2nccn3cnnc23)c1. The number of fused-ring (bicyclic) bond motifs is 1. The van der Waals surface area contributed by atoms with Crippen LogP contribution in [0.2, 0.25) is 0 Å². The van der Waals surface area contributed by atoms with Gasteiger partial charge in [0.25, 0.3) is 0 Å². The van der Waals surface area contributed by atoms with Gasteiger partial charge in [-0.05, 0) is 11.1 Å². The molecule has 0 spiro atoms. The highest BCUT2D eigenvalue weighted by molar-refractivity contribution is 5.61. The maximum atomic E-state index is 5.63. The number of nitrogens with zero attached hydrogens (tertiary/aromatic N) is 4. The Hall–Kier alpha value is -2.47. The lowest BCUT2D eigenvalue weighted by molar-refractivity contribution is 1.04. The molecule has 6 nitrogen and oxygen atoms in total. The molecule has 0 amide bonds. The fraction of sp³-hybridized carbons (Fsp3) is 0.154. The van der Waals surface area contributed by atoms with E-state index in [1.165, 1.54) is 0 Å². The van der Waals surface area contributed by atoms with Gasteiger partial charge in [-0.1, -0.05) is 24.3 Å². The molecular formula is C13H14N6. The molecule has 0 aliphatic carbocycles. The van der Waals surface area contributed by atoms with Crippen molar-refractivity contribution < 1.29 is 0 Å². The van der Waals surface area contributed by atoms with Gasteiger partial charge < -0.3 is 11.1 Å². The molecule has 3 rings (SSSR count). The number of anilines is 1. The smallest absolute Gasteiger partial charge is 0.203 e. The first-order valence-electron chi connectivity index (χ1n) is 6.03. The van der Waals surface area contributed by atoms with Gasteiger partial charge in [0.2, 0.25) is 5.65 Å². The monoisotopic (exact) mass is 254 g/mol. The molecule has 6 heteroatoms. The van der Waals surface area contributed by atoms with Crippen molar-refractivity contribution in [3.63, 3.8) is 0 Å². The molecule has 0 unspecified atom stereocenters. The molecule has 0 atom stereocenters. The lowest BCUT2D eigenvalue weighted by Crippen LogP contribution is -2.04. The van der Waals surface area contributed by atoms with Crippen LogP contribution >= 0.6 is 0 Å². The summed E-state index contributed by atoms with van der Waals surface area (Å²) in [6.07, 6.45) is 5.18. The average molecular weight is 254 g/mol. The zero-order chi connectivity index (χ0) is 13.1. The van der Waals surface area contributed by atoms with Crippen LogP contribution in [0.25, 0.3) is 5.65 Å². The van der Waals surface area contributed by atoms with Gasteiger partial charge in [-0.25, -0.2) is 4.98 Å². The summed E-state index contributed by atoms with van der Waals surface area (Å²) in [6, 6.07) is 8.15. The minimum Gasteiger partial charge on any atom is -0.363 e. The van der Waals surface area contributed by atoms with Crippen LogP contribution in [0.3, 0.4) is 0 Å². The van der Waals surface area contributed by atoms with E-state index in [4.69, 9.17) is 5.73 Å². The van der Waals surface area contributed by atoms with Crippen LogP contribution in [-0.4, -0.2) is 19.6 Å². The van der Waals surface area contributed by atoms with Crippen LogP contribution in [0.15, 0.2) is 43.0 Å². The summed E-state index contributed by atoms with van der Waals surface area (Å²) in [4.78, 5) is 4.28. The third-order valence-electron chi connectivity index (χ3n) is 2.90. The lowest BCUT2D eigenvalue weighted by Gasteiger charge is -2.07. The third kappa shape index (κ3) is 2.38. The van der Waals surface area contributed by atoms with Crippen molar-refractivity contribution in [2.75, 3.05) is 5.32 Å². The van der Waals surface area contributed by atoms with Crippen LogP contribution in [-0.2, 0) is 13.1 Å². The summed E-state index contributed by atoms with van der Waals surface area (Å²) >= 11 is 0. The van der Waals surface area contributed by atoms with Gasteiger partial charge in [0.1, 0.15) is 6.33 Å². The van der Waals surface area contributed by atoms with E-state index in [-0.39, 0.29) is 0 Å². The Morgan fingerprint density at radius 2 is 2.16 bits per heavy atom. The molecule has 0 saturated heterocycles. The fourth-order valence-electron chi connectivity index (χ4n) is 1.94. The van der Waals surface area contributed by atoms with E-state index >= 15 is 0 Å². The van der Waals surface area contributed by atoms with Gasteiger partial charge in [-0.2, -0.15) is 0 Å². The van der Waals surface area contributed by atoms with E-state index in [0.717, 1.165) is 22.6 Å². The molecule has 1 aromatic carbocycles. The number of nitrogens with two attached hydrogens (primary N) is 1. The molecule has 96 valence electrons. The topological polar surface area (TPSA) is 81.1 Å². The molecule has 0 aliphatic rings. The molecule has 0 aliphatic heterocycles. The molecule has 0 radical (unpaired) electrons. The minimum absolute atomic E-state index is 0.547. The Labute approximate surface area is 110 Å². The van der Waals surface area contributed by atoms with Gasteiger partial charge in [0, 0.05) is 25.5 Å². The second kappa shape index (κ2) is 5.03. The zero-order valence-corrected chi connectivity index (χ0v) is 10.3. The average Bonchev–Trinajstić information content (AvgIpc) is 2.94. The first-order chi connectivity index (χ1) is 9.36. The molecule has 2 aromatic heterocycles. The molecule has 3 aromatic rings. The number of rotatable bonds is 4. The van der Waals surface area contributed by atoms with Crippen molar-refractivity contribution in [2.45, 2.75) is 13.1 Å². The molecule has 2 heterocycles. The quantitative estimate of drug-likeness (QED) is 0.731. The van der Waals surface area contributed by atoms with E-state index < -0.39 is 0 Å². The summed E-state index contributed by atoms with van der Waals surface area (Å²) in [5.41, 5.74) is 8.63. The predicted octanol–water partition coefficient (Wildman–Crippen LogP) is 1.20. The Bertz CT molecular complexity index is 690. The second-order valence-corrected chi connectivity index (χ2v) is 4.22. The molecule has 19 heavy (non-hydrogen) atoms. The first-order valence-corrected chi connectivity index (χ1v) is 6.03. The van der Waals surface area contributed by atoms with Crippen molar-refractivity contribution in [2.24, 2.45) is 5.73 Å². The van der Waals surface area contributed by atoms with Gasteiger partial charge in [-0.15, -0.1) is 10.2 Å². The largest absolute Gasteiger partial charge is 0.363 e. The first kappa shape index (κ1) is 11.6. The fourth-order valence-corrected chi connectivity index (χ4v) is 1.94. The van der Waals surface area contributed by atoms with Crippen LogP contribution < -0.4 is 11.1 Å². The molecule has 0 fully saturated rings. The van der Waals surface area contributed by atoms with Crippen molar-refractivity contribution in [3.8, 4) is 0 Å². The van der Waals surface area contributed by atoms with Gasteiger partial charge in [-0.3, -0.25) is 4.40 Å². The van der Waals surface area contributed by atoms with Gasteiger partial charge in [0.05, 0.1) is 0 Å². The van der Waals surface area contributed by atoms with Crippen LogP contribution in [0.5, 0.6) is 0 Å². The Balaban J connectivity index is 1.80. The summed E-state index contributed by atoms with van der Waals surface area (Å²) in [6.45, 7) is 1.22. The lowest BCUT2D eigenvalue weighted by atomic mass is 10.1. The van der Waals surface area contributed by atoms with Crippen LogP contribution in [0.1, 0.15) is 11.1 Å². The number of hydrogen-bond donors (Lipinski definition) is 2. The van der Waals surface area contributed by atoms with E-state index in [1.807, 2.05) is 22.7 Å². The Morgan fingerprint density at radius 3 is 3.05 bits per heavy atom. The van der Waals surface area contributed by atoms with E-state index in [0.29, 0.717) is 13.1 Å². The molecule has 0 bridgehead atoms. The highest BCUT2D eigenvalue weighted by Gasteiger charge is 2.04. The third-order valence-corrected chi connectivity index (χ3v) is 2.90. The van der Waals surface area contributed by atoms with E-state index in [2.05, 4.69) is 32.6 Å². The summed E-state index contributed by atoms with van der Waals surface area (Å²) in [5, 5.41) is 11.2. The summed E-state index contributed by atoms with van der Waals surface area (Å²) in [7, 11) is 0. The standard InChI is InChI=1S/C13H14N6/c14-7-10-2-1-3-11(6-10)8-16-12-13-18-17-9-19(13)5-4-15-12/h1-6,9H,7-8,14H2,(H,15,16). The van der Waals surface area contributed by atoms with E-state index in [1.54, 1.807) is 12.5 Å². The van der Waals surface area contributed by atoms with Gasteiger partial charge in [0.15, 0.2) is 5.82 Å². The van der Waals surface area contributed by atoms with E-state index in [9.17, 15) is 0 Å². The maximum absolute atomic E-state index is 5.63. The van der Waals surface area contributed by atoms with Crippen molar-refractivity contribution >= 4 is 11.5 Å². The summed E-state index contributed by atoms with van der Waals surface area (Å²) < 4.78 is 1.83. The normalized spacial score (nSPS) is 10.8. The van der Waals surface area contributed by atoms with Crippen LogP contribution in [0.4, 0.5) is 5.82 Å². The maximum Gasteiger partial charge on any atom is 0.203 e. The summed E-state index contributed by atoms with van der Waals surface area (Å²) in [5.74, 6) is 0.721. The highest BCUT2D eigenvalue weighted by atomic mass is 15.2.